The lowest BCUT2D eigenvalue weighted by Gasteiger charge is -2.18. The van der Waals surface area contributed by atoms with E-state index in [9.17, 15) is 18.4 Å². The summed E-state index contributed by atoms with van der Waals surface area (Å²) in [6.07, 6.45) is 1.68. The van der Waals surface area contributed by atoms with E-state index >= 15 is 0 Å². The third-order valence-electron chi connectivity index (χ3n) is 4.34. The maximum atomic E-state index is 13.9. The van der Waals surface area contributed by atoms with E-state index in [1.165, 1.54) is 0 Å². The summed E-state index contributed by atoms with van der Waals surface area (Å²) in [5.41, 5.74) is 0.926. The SMILES string of the molecule is [B]c1ccc(C[C@H](NC(=O)c2c(F)cccc2F)C(=O)OC)c2cc(I)cnc12. The summed E-state index contributed by atoms with van der Waals surface area (Å²) in [4.78, 5) is 29.0. The first-order valence-electron chi connectivity index (χ1n) is 8.47. The second-order valence-electron chi connectivity index (χ2n) is 6.21. The van der Waals surface area contributed by atoms with Crippen molar-refractivity contribution in [3.8, 4) is 0 Å². The van der Waals surface area contributed by atoms with Crippen molar-refractivity contribution in [2.75, 3.05) is 7.11 Å². The molecule has 0 fully saturated rings. The van der Waals surface area contributed by atoms with Gasteiger partial charge in [-0.1, -0.05) is 23.7 Å². The number of aromatic nitrogens is 1. The molecule has 1 atom stereocenters. The Hall–Kier alpha value is -2.56. The summed E-state index contributed by atoms with van der Waals surface area (Å²) in [6.45, 7) is 0. The lowest BCUT2D eigenvalue weighted by Crippen LogP contribution is -2.43. The molecule has 5 nitrogen and oxygen atoms in total. The summed E-state index contributed by atoms with van der Waals surface area (Å²) in [5, 5.41) is 3.07. The molecular weight excluding hydrogens is 492 g/mol. The van der Waals surface area contributed by atoms with Crippen LogP contribution in [0.1, 0.15) is 15.9 Å². The first kappa shape index (κ1) is 21.2. The molecule has 1 heterocycles. The highest BCUT2D eigenvalue weighted by atomic mass is 127. The van der Waals surface area contributed by atoms with Crippen LogP contribution < -0.4 is 10.8 Å². The Morgan fingerprint density at radius 2 is 1.93 bits per heavy atom. The number of carbonyl (C=O) groups excluding carboxylic acids is 2. The van der Waals surface area contributed by atoms with Crippen molar-refractivity contribution in [2.45, 2.75) is 12.5 Å². The Morgan fingerprint density at radius 1 is 1.24 bits per heavy atom. The molecule has 0 unspecified atom stereocenters. The van der Waals surface area contributed by atoms with Crippen molar-refractivity contribution in [1.82, 2.24) is 10.3 Å². The number of rotatable bonds is 5. The van der Waals surface area contributed by atoms with E-state index in [0.717, 1.165) is 28.9 Å². The summed E-state index contributed by atoms with van der Waals surface area (Å²) in [5.74, 6) is -3.85. The molecule has 0 aliphatic heterocycles. The van der Waals surface area contributed by atoms with Crippen LogP contribution in [-0.4, -0.2) is 37.9 Å². The van der Waals surface area contributed by atoms with Crippen molar-refractivity contribution in [3.63, 3.8) is 0 Å². The summed E-state index contributed by atoms with van der Waals surface area (Å²) >= 11 is 2.10. The average molecular weight is 506 g/mol. The van der Waals surface area contributed by atoms with Crippen LogP contribution in [0.25, 0.3) is 10.9 Å². The van der Waals surface area contributed by atoms with Gasteiger partial charge >= 0.3 is 5.97 Å². The van der Waals surface area contributed by atoms with Gasteiger partial charge in [-0.25, -0.2) is 13.6 Å². The molecule has 0 aliphatic carbocycles. The number of hydrogen-bond donors (Lipinski definition) is 1. The molecule has 9 heteroatoms. The Morgan fingerprint density at radius 3 is 2.59 bits per heavy atom. The Kier molecular flexibility index (Phi) is 6.46. The third kappa shape index (κ3) is 4.55. The molecule has 0 aliphatic rings. The normalized spacial score (nSPS) is 11.9. The highest BCUT2D eigenvalue weighted by molar-refractivity contribution is 14.1. The number of nitrogens with one attached hydrogen (secondary N) is 1. The number of benzene rings is 2. The van der Waals surface area contributed by atoms with Gasteiger partial charge in [0.25, 0.3) is 5.91 Å². The van der Waals surface area contributed by atoms with Crippen molar-refractivity contribution < 1.29 is 23.1 Å². The van der Waals surface area contributed by atoms with E-state index < -0.39 is 35.1 Å². The van der Waals surface area contributed by atoms with Crippen molar-refractivity contribution in [3.05, 3.63) is 68.9 Å². The first-order chi connectivity index (χ1) is 13.8. The molecule has 1 N–H and O–H groups in total. The maximum absolute atomic E-state index is 13.9. The lowest BCUT2D eigenvalue weighted by atomic mass is 9.89. The van der Waals surface area contributed by atoms with Gasteiger partial charge in [-0.15, -0.1) is 0 Å². The topological polar surface area (TPSA) is 68.3 Å². The number of pyridine rings is 1. The van der Waals surface area contributed by atoms with E-state index in [4.69, 9.17) is 12.6 Å². The molecule has 2 radical (unpaired) electrons. The van der Waals surface area contributed by atoms with Gasteiger partial charge in [-0.05, 0) is 46.4 Å². The summed E-state index contributed by atoms with van der Waals surface area (Å²) in [7, 11) is 7.14. The van der Waals surface area contributed by atoms with Gasteiger partial charge in [0.15, 0.2) is 0 Å². The average Bonchev–Trinajstić information content (AvgIpc) is 2.68. The fourth-order valence-electron chi connectivity index (χ4n) is 2.95. The van der Waals surface area contributed by atoms with E-state index in [-0.39, 0.29) is 6.42 Å². The van der Waals surface area contributed by atoms with Crippen molar-refractivity contribution in [2.24, 2.45) is 0 Å². The van der Waals surface area contributed by atoms with E-state index in [0.29, 0.717) is 21.9 Å². The van der Waals surface area contributed by atoms with Gasteiger partial charge in [0, 0.05) is 21.6 Å². The lowest BCUT2D eigenvalue weighted by molar-refractivity contribution is -0.142. The molecule has 146 valence electrons. The minimum atomic E-state index is -1.17. The highest BCUT2D eigenvalue weighted by Crippen LogP contribution is 2.20. The number of hydrogen-bond acceptors (Lipinski definition) is 4. The molecular formula is C20H14BF2IN2O3. The highest BCUT2D eigenvalue weighted by Gasteiger charge is 2.26. The minimum absolute atomic E-state index is 0.0209. The molecule has 0 saturated heterocycles. The van der Waals surface area contributed by atoms with Crippen LogP contribution in [0, 0.1) is 15.2 Å². The minimum Gasteiger partial charge on any atom is -0.467 e. The second kappa shape index (κ2) is 8.85. The van der Waals surface area contributed by atoms with Gasteiger partial charge in [0.2, 0.25) is 0 Å². The van der Waals surface area contributed by atoms with E-state index in [1.807, 2.05) is 6.07 Å². The smallest absolute Gasteiger partial charge is 0.328 e. The number of nitrogens with zero attached hydrogens (tertiary/aromatic N) is 1. The molecule has 0 spiro atoms. The van der Waals surface area contributed by atoms with Crippen LogP contribution in [0.15, 0.2) is 42.6 Å². The third-order valence-corrected chi connectivity index (χ3v) is 4.93. The predicted molar refractivity (Wildman–Crippen MR) is 113 cm³/mol. The standard InChI is InChI=1S/C20H14BF2IN2O3/c1-29-20(28)16(26-19(27)17-14(22)3-2-4-15(17)23)7-10-5-6-13(21)18-12(10)8-11(24)9-25-18/h2-6,8-9,16H,7H2,1H3,(H,26,27)/t16-/m0/s1. The number of halogens is 3. The number of esters is 1. The van der Waals surface area contributed by atoms with Crippen LogP contribution in [0.3, 0.4) is 0 Å². The van der Waals surface area contributed by atoms with Gasteiger partial charge in [0.1, 0.15) is 31.1 Å². The van der Waals surface area contributed by atoms with E-state index in [2.05, 4.69) is 32.9 Å². The Balaban J connectivity index is 1.96. The van der Waals surface area contributed by atoms with Crippen LogP contribution in [0.2, 0.25) is 0 Å². The molecule has 0 saturated carbocycles. The quantitative estimate of drug-likeness (QED) is 0.328. The maximum Gasteiger partial charge on any atom is 0.328 e. The fraction of sp³-hybridized carbons (Fsp3) is 0.150. The van der Waals surface area contributed by atoms with Gasteiger partial charge in [-0.3, -0.25) is 9.78 Å². The van der Waals surface area contributed by atoms with Gasteiger partial charge < -0.3 is 10.1 Å². The fourth-order valence-corrected chi connectivity index (χ4v) is 3.40. The molecule has 29 heavy (non-hydrogen) atoms. The number of methoxy groups -OCH3 is 1. The number of carbonyl (C=O) groups is 2. The zero-order valence-electron chi connectivity index (χ0n) is 15.2. The second-order valence-corrected chi connectivity index (χ2v) is 7.46. The Labute approximate surface area is 180 Å². The number of ether oxygens (including phenoxy) is 1. The van der Waals surface area contributed by atoms with Gasteiger partial charge in [-0.2, -0.15) is 0 Å². The summed E-state index contributed by atoms with van der Waals surface area (Å²) in [6, 6.07) is 7.11. The van der Waals surface area contributed by atoms with Crippen molar-refractivity contribution >= 4 is 58.7 Å². The van der Waals surface area contributed by atoms with Crippen LogP contribution in [0.4, 0.5) is 8.78 Å². The zero-order valence-corrected chi connectivity index (χ0v) is 17.4. The van der Waals surface area contributed by atoms with E-state index in [1.54, 1.807) is 18.3 Å². The van der Waals surface area contributed by atoms with Crippen LogP contribution >= 0.6 is 22.6 Å². The van der Waals surface area contributed by atoms with Crippen molar-refractivity contribution in [1.29, 1.82) is 0 Å². The van der Waals surface area contributed by atoms with Crippen LogP contribution in [-0.2, 0) is 16.0 Å². The predicted octanol–water partition coefficient (Wildman–Crippen LogP) is 2.43. The monoisotopic (exact) mass is 506 g/mol. The molecule has 1 amide bonds. The largest absolute Gasteiger partial charge is 0.467 e. The molecule has 3 aromatic rings. The van der Waals surface area contributed by atoms with Gasteiger partial charge in [0.05, 0.1) is 12.6 Å². The first-order valence-corrected chi connectivity index (χ1v) is 9.55. The molecule has 1 aromatic heterocycles. The number of amides is 1. The zero-order chi connectivity index (χ0) is 21.1. The number of fused-ring (bicyclic) bond motifs is 1. The Bertz CT molecular complexity index is 1090. The van der Waals surface area contributed by atoms with Crippen LogP contribution in [0.5, 0.6) is 0 Å². The molecule has 0 bridgehead atoms. The molecule has 2 aromatic carbocycles. The molecule has 3 rings (SSSR count). The summed E-state index contributed by atoms with van der Waals surface area (Å²) < 4.78 is 33.5.